The van der Waals surface area contributed by atoms with E-state index in [2.05, 4.69) is 4.99 Å². The number of carboxylic acid groups (broad SMARTS) is 1. The number of aromatic carboxylic acids is 1. The largest absolute Gasteiger partial charge is 0.493 e. The van der Waals surface area contributed by atoms with Gasteiger partial charge >= 0.3 is 11.9 Å². The molecule has 0 bridgehead atoms. The Bertz CT molecular complexity index is 1580. The Morgan fingerprint density at radius 1 is 1.29 bits per heavy atom. The predicted molar refractivity (Wildman–Crippen MR) is 129 cm³/mol. The summed E-state index contributed by atoms with van der Waals surface area (Å²) in [4.78, 5) is 43.0. The number of allylic oxidation sites excluding steroid dienone is 1. The Hall–Kier alpha value is -3.98. The molecule has 9 heteroatoms. The number of carbonyl (C=O) groups excluding carboxylic acids is 1. The average molecular weight is 491 g/mol. The first-order valence-electron chi connectivity index (χ1n) is 11.2. The van der Waals surface area contributed by atoms with Crippen LogP contribution in [0.15, 0.2) is 63.5 Å². The summed E-state index contributed by atoms with van der Waals surface area (Å²) in [7, 11) is 0. The second-order valence-electron chi connectivity index (χ2n) is 8.20. The number of benzene rings is 2. The highest BCUT2D eigenvalue weighted by Gasteiger charge is 2.34. The predicted octanol–water partition coefficient (Wildman–Crippen LogP) is 2.43. The quantitative estimate of drug-likeness (QED) is 0.551. The number of hydrogen-bond acceptors (Lipinski definition) is 7. The van der Waals surface area contributed by atoms with E-state index in [-0.39, 0.29) is 17.7 Å². The molecule has 0 radical (unpaired) electrons. The van der Waals surface area contributed by atoms with Crippen molar-refractivity contribution in [2.45, 2.75) is 26.3 Å². The first-order valence-corrected chi connectivity index (χ1v) is 12.0. The van der Waals surface area contributed by atoms with Gasteiger partial charge in [-0.15, -0.1) is 0 Å². The van der Waals surface area contributed by atoms with Crippen molar-refractivity contribution in [3.05, 3.63) is 95.7 Å². The van der Waals surface area contributed by atoms with E-state index in [0.29, 0.717) is 32.8 Å². The van der Waals surface area contributed by atoms with Crippen molar-refractivity contribution in [2.24, 2.45) is 4.99 Å². The lowest BCUT2D eigenvalue weighted by Gasteiger charge is -2.25. The van der Waals surface area contributed by atoms with Gasteiger partial charge in [-0.25, -0.2) is 14.6 Å². The van der Waals surface area contributed by atoms with Crippen LogP contribution in [0.4, 0.5) is 0 Å². The zero-order valence-corrected chi connectivity index (χ0v) is 19.9. The smallest absolute Gasteiger partial charge is 0.338 e. The Labute approximate surface area is 204 Å². The lowest BCUT2D eigenvalue weighted by molar-refractivity contribution is -0.139. The second kappa shape index (κ2) is 8.99. The molecule has 0 fully saturated rings. The lowest BCUT2D eigenvalue weighted by Crippen LogP contribution is -2.39. The van der Waals surface area contributed by atoms with E-state index in [1.807, 2.05) is 18.2 Å². The molecule has 2 aromatic carbocycles. The summed E-state index contributed by atoms with van der Waals surface area (Å²) in [5.41, 5.74) is 2.98. The molecule has 3 heterocycles. The number of aromatic nitrogens is 1. The molecule has 0 saturated carbocycles. The molecule has 0 aliphatic carbocycles. The van der Waals surface area contributed by atoms with Gasteiger partial charge in [0.25, 0.3) is 5.56 Å². The molecule has 1 atom stereocenters. The van der Waals surface area contributed by atoms with Crippen molar-refractivity contribution in [1.82, 2.24) is 4.57 Å². The molecule has 0 amide bonds. The Morgan fingerprint density at radius 3 is 2.89 bits per heavy atom. The molecule has 0 saturated heterocycles. The van der Waals surface area contributed by atoms with Crippen LogP contribution in [0, 0.1) is 0 Å². The summed E-state index contributed by atoms with van der Waals surface area (Å²) in [6.45, 7) is 4.25. The Balaban J connectivity index is 1.71. The maximum atomic E-state index is 13.6. The van der Waals surface area contributed by atoms with Crippen LogP contribution >= 0.6 is 11.3 Å². The van der Waals surface area contributed by atoms with Crippen LogP contribution in [0.5, 0.6) is 5.75 Å². The molecule has 0 spiro atoms. The topological polar surface area (TPSA) is 107 Å². The van der Waals surface area contributed by atoms with Gasteiger partial charge in [0.05, 0.1) is 40.6 Å². The van der Waals surface area contributed by atoms with Crippen molar-refractivity contribution in [2.75, 3.05) is 13.2 Å². The Morgan fingerprint density at radius 2 is 2.11 bits per heavy atom. The van der Waals surface area contributed by atoms with Gasteiger partial charge in [0.1, 0.15) is 5.75 Å². The number of fused-ring (bicyclic) bond motifs is 2. The number of carboxylic acids is 1. The van der Waals surface area contributed by atoms with Crippen LogP contribution in [-0.2, 0) is 16.0 Å². The van der Waals surface area contributed by atoms with Gasteiger partial charge in [-0.2, -0.15) is 0 Å². The van der Waals surface area contributed by atoms with Gasteiger partial charge in [-0.3, -0.25) is 9.36 Å². The lowest BCUT2D eigenvalue weighted by atomic mass is 9.94. The van der Waals surface area contributed by atoms with Gasteiger partial charge in [0, 0.05) is 6.42 Å². The first kappa shape index (κ1) is 22.8. The van der Waals surface area contributed by atoms with Gasteiger partial charge in [0.15, 0.2) is 4.80 Å². The van der Waals surface area contributed by atoms with Gasteiger partial charge in [-0.05, 0) is 54.8 Å². The molecular weight excluding hydrogens is 468 g/mol. The van der Waals surface area contributed by atoms with E-state index in [9.17, 15) is 19.5 Å². The van der Waals surface area contributed by atoms with Crippen LogP contribution in [0.25, 0.3) is 6.08 Å². The monoisotopic (exact) mass is 490 g/mol. The van der Waals surface area contributed by atoms with E-state index in [1.54, 1.807) is 32.1 Å². The number of rotatable bonds is 5. The zero-order valence-electron chi connectivity index (χ0n) is 19.1. The molecule has 5 rings (SSSR count). The second-order valence-corrected chi connectivity index (χ2v) is 9.21. The highest BCUT2D eigenvalue weighted by molar-refractivity contribution is 7.07. The third-order valence-corrected chi connectivity index (χ3v) is 6.97. The molecule has 178 valence electrons. The van der Waals surface area contributed by atoms with Gasteiger partial charge < -0.3 is 14.6 Å². The number of ether oxygens (including phenoxy) is 2. The molecular formula is C26H22N2O6S. The van der Waals surface area contributed by atoms with Crippen LogP contribution < -0.4 is 19.6 Å². The van der Waals surface area contributed by atoms with Crippen molar-refractivity contribution in [3.63, 3.8) is 0 Å². The van der Waals surface area contributed by atoms with E-state index in [0.717, 1.165) is 23.3 Å². The SMILES string of the molecule is CCOC(=O)C1=C(C)N=c2s/c(=C\c3cccc(C(=O)O)c3)c(=O)n2C1c1ccc2c(c1)OCC2. The molecule has 2 aliphatic rings. The fourth-order valence-electron chi connectivity index (χ4n) is 4.37. The number of esters is 1. The molecule has 35 heavy (non-hydrogen) atoms. The van der Waals surface area contributed by atoms with E-state index < -0.39 is 18.0 Å². The summed E-state index contributed by atoms with van der Waals surface area (Å²) in [6.07, 6.45) is 2.45. The van der Waals surface area contributed by atoms with E-state index >= 15 is 0 Å². The maximum Gasteiger partial charge on any atom is 0.338 e. The van der Waals surface area contributed by atoms with Gasteiger partial charge in [0.2, 0.25) is 0 Å². The molecule has 8 nitrogen and oxygen atoms in total. The van der Waals surface area contributed by atoms with Crippen LogP contribution in [-0.4, -0.2) is 34.8 Å². The molecule has 3 aromatic rings. The number of hydrogen-bond donors (Lipinski definition) is 1. The molecule has 1 aromatic heterocycles. The van der Waals surface area contributed by atoms with Gasteiger partial charge in [-0.1, -0.05) is 35.6 Å². The normalized spacial score (nSPS) is 16.9. The zero-order chi connectivity index (χ0) is 24.7. The third-order valence-electron chi connectivity index (χ3n) is 5.98. The number of thiazole rings is 1. The first-order chi connectivity index (χ1) is 16.9. The fourth-order valence-corrected chi connectivity index (χ4v) is 5.42. The summed E-state index contributed by atoms with van der Waals surface area (Å²) in [5, 5.41) is 9.29. The minimum absolute atomic E-state index is 0.128. The summed E-state index contributed by atoms with van der Waals surface area (Å²) in [6, 6.07) is 11.4. The highest BCUT2D eigenvalue weighted by atomic mass is 32.1. The summed E-state index contributed by atoms with van der Waals surface area (Å²) in [5.74, 6) is -0.827. The van der Waals surface area contributed by atoms with Crippen molar-refractivity contribution in [3.8, 4) is 5.75 Å². The summed E-state index contributed by atoms with van der Waals surface area (Å²) >= 11 is 1.19. The third kappa shape index (κ3) is 4.08. The maximum absolute atomic E-state index is 13.6. The van der Waals surface area contributed by atoms with E-state index in [4.69, 9.17) is 9.47 Å². The van der Waals surface area contributed by atoms with E-state index in [1.165, 1.54) is 28.0 Å². The van der Waals surface area contributed by atoms with Crippen LogP contribution in [0.3, 0.4) is 0 Å². The fraction of sp³-hybridized carbons (Fsp3) is 0.231. The molecule has 1 N–H and O–H groups in total. The minimum atomic E-state index is -1.05. The standard InChI is InChI=1S/C26H22N2O6S/c1-3-33-25(32)21-14(2)27-26-28(22(21)17-8-7-16-9-10-34-19(16)13-17)23(29)20(35-26)12-15-5-4-6-18(11-15)24(30)31/h4-8,11-13,22H,3,9-10H2,1-2H3,(H,30,31)/b20-12-. The van der Waals surface area contributed by atoms with Crippen molar-refractivity contribution >= 4 is 29.4 Å². The average Bonchev–Trinajstić information content (AvgIpc) is 3.42. The van der Waals surface area contributed by atoms with Crippen molar-refractivity contribution in [1.29, 1.82) is 0 Å². The number of nitrogens with zero attached hydrogens (tertiary/aromatic N) is 2. The van der Waals surface area contributed by atoms with Crippen LogP contribution in [0.1, 0.15) is 46.9 Å². The number of carbonyl (C=O) groups is 2. The van der Waals surface area contributed by atoms with Crippen molar-refractivity contribution < 1.29 is 24.2 Å². The summed E-state index contributed by atoms with van der Waals surface area (Å²) < 4.78 is 13.0. The molecule has 2 aliphatic heterocycles. The highest BCUT2D eigenvalue weighted by Crippen LogP contribution is 2.35. The van der Waals surface area contributed by atoms with Crippen LogP contribution in [0.2, 0.25) is 0 Å². The minimum Gasteiger partial charge on any atom is -0.493 e. The Kier molecular flexibility index (Phi) is 5.86. The molecule has 1 unspecified atom stereocenters.